The van der Waals surface area contributed by atoms with E-state index in [9.17, 15) is 13.2 Å². The largest absolute Gasteiger partial charge is 0.482 e. The Balaban J connectivity index is 2.01. The zero-order chi connectivity index (χ0) is 28.3. The molecule has 0 aromatic heterocycles. The lowest BCUT2D eigenvalue weighted by Gasteiger charge is -2.44. The number of ether oxygens (including phenoxy) is 2. The molecular formula is C29H24F6N2O2. The van der Waals surface area contributed by atoms with E-state index in [0.29, 0.717) is 0 Å². The van der Waals surface area contributed by atoms with E-state index < -0.39 is 30.0 Å². The van der Waals surface area contributed by atoms with Crippen molar-refractivity contribution in [1.29, 1.82) is 0 Å². The molecule has 4 rings (SSSR count). The van der Waals surface area contributed by atoms with Crippen LogP contribution in [0.2, 0.25) is 0 Å². The minimum Gasteiger partial charge on any atom is -0.482 e. The van der Waals surface area contributed by atoms with Crippen molar-refractivity contribution < 1.29 is 35.8 Å². The van der Waals surface area contributed by atoms with Crippen LogP contribution in [0, 0.1) is 0 Å². The van der Waals surface area contributed by atoms with Crippen molar-refractivity contribution >= 4 is 11.4 Å². The van der Waals surface area contributed by atoms with Gasteiger partial charge < -0.3 is 20.9 Å². The molecule has 4 nitrogen and oxygen atoms in total. The van der Waals surface area contributed by atoms with Gasteiger partial charge in [-0.05, 0) is 35.4 Å². The zero-order valence-corrected chi connectivity index (χ0v) is 20.3. The number of hydrogen-bond donors (Lipinski definition) is 2. The normalized spacial score (nSPS) is 15.1. The van der Waals surface area contributed by atoms with Crippen LogP contribution in [0.1, 0.15) is 23.3 Å². The summed E-state index contributed by atoms with van der Waals surface area (Å²) in [6.45, 7) is 0. The van der Waals surface area contributed by atoms with Crippen molar-refractivity contribution in [3.63, 3.8) is 0 Å². The highest BCUT2D eigenvalue weighted by molar-refractivity contribution is 5.45. The van der Waals surface area contributed by atoms with Crippen LogP contribution in [0.3, 0.4) is 0 Å². The Morgan fingerprint density at radius 3 is 1.23 bits per heavy atom. The van der Waals surface area contributed by atoms with E-state index >= 15 is 13.2 Å². The molecule has 0 bridgehead atoms. The summed E-state index contributed by atoms with van der Waals surface area (Å²) in [6.07, 6.45) is -11.4. The Kier molecular flexibility index (Phi) is 7.67. The third kappa shape index (κ3) is 5.59. The SMILES string of the molecule is Nc1cccc(OC(c2ccccc2)C(F)(C(Oc2cccc(N)c2)c2ccccc2)C(F)(F)C(F)(F)F)c1. The van der Waals surface area contributed by atoms with E-state index in [2.05, 4.69) is 0 Å². The smallest absolute Gasteiger partial charge is 0.457 e. The minimum absolute atomic E-state index is 0.127. The minimum atomic E-state index is -6.33. The average Bonchev–Trinajstić information content (AvgIpc) is 2.90. The number of rotatable bonds is 9. The van der Waals surface area contributed by atoms with Gasteiger partial charge in [0.25, 0.3) is 5.67 Å². The first-order valence-corrected chi connectivity index (χ1v) is 11.7. The molecule has 4 N–H and O–H groups in total. The van der Waals surface area contributed by atoms with Gasteiger partial charge in [0.15, 0.2) is 12.2 Å². The first-order valence-electron chi connectivity index (χ1n) is 11.7. The number of nitrogens with two attached hydrogens (primary N) is 2. The summed E-state index contributed by atoms with van der Waals surface area (Å²) >= 11 is 0. The van der Waals surface area contributed by atoms with Gasteiger partial charge in [-0.2, -0.15) is 22.0 Å². The molecule has 0 aliphatic heterocycles. The van der Waals surface area contributed by atoms with Gasteiger partial charge in [-0.15, -0.1) is 0 Å². The third-order valence-corrected chi connectivity index (χ3v) is 6.03. The lowest BCUT2D eigenvalue weighted by molar-refractivity contribution is -0.353. The van der Waals surface area contributed by atoms with Gasteiger partial charge in [0.05, 0.1) is 0 Å². The lowest BCUT2D eigenvalue weighted by Crippen LogP contribution is -2.62. The summed E-state index contributed by atoms with van der Waals surface area (Å²) in [5.41, 5.74) is 6.64. The van der Waals surface area contributed by atoms with Gasteiger partial charge in [0, 0.05) is 23.5 Å². The maximum atomic E-state index is 17.6. The number of alkyl halides is 6. The molecule has 10 heteroatoms. The number of hydrogen-bond acceptors (Lipinski definition) is 4. The monoisotopic (exact) mass is 546 g/mol. The van der Waals surface area contributed by atoms with Crippen LogP contribution in [-0.4, -0.2) is 17.8 Å². The summed E-state index contributed by atoms with van der Waals surface area (Å²) in [4.78, 5) is 0. The van der Waals surface area contributed by atoms with E-state index in [0.717, 1.165) is 0 Å². The molecule has 4 aromatic rings. The van der Waals surface area contributed by atoms with Crippen LogP contribution in [0.15, 0.2) is 109 Å². The summed E-state index contributed by atoms with van der Waals surface area (Å²) < 4.78 is 103. The predicted octanol–water partition coefficient (Wildman–Crippen LogP) is 7.70. The van der Waals surface area contributed by atoms with E-state index in [1.807, 2.05) is 0 Å². The van der Waals surface area contributed by atoms with Crippen LogP contribution < -0.4 is 20.9 Å². The molecule has 204 valence electrons. The van der Waals surface area contributed by atoms with Crippen molar-refractivity contribution in [2.75, 3.05) is 11.5 Å². The van der Waals surface area contributed by atoms with Crippen molar-refractivity contribution in [3.8, 4) is 11.5 Å². The summed E-state index contributed by atoms with van der Waals surface area (Å²) in [5.74, 6) is -6.43. The van der Waals surface area contributed by atoms with Gasteiger partial charge in [-0.3, -0.25) is 0 Å². The van der Waals surface area contributed by atoms with E-state index in [4.69, 9.17) is 20.9 Å². The highest BCUT2D eigenvalue weighted by Crippen LogP contribution is 2.58. The molecule has 2 atom stereocenters. The van der Waals surface area contributed by atoms with E-state index in [-0.39, 0.29) is 34.0 Å². The van der Waals surface area contributed by atoms with Crippen LogP contribution >= 0.6 is 0 Å². The first-order chi connectivity index (χ1) is 18.4. The molecule has 0 heterocycles. The van der Waals surface area contributed by atoms with Crippen LogP contribution in [-0.2, 0) is 0 Å². The third-order valence-electron chi connectivity index (χ3n) is 6.03. The second-order valence-electron chi connectivity index (χ2n) is 8.80. The molecule has 2 unspecified atom stereocenters. The fourth-order valence-corrected chi connectivity index (χ4v) is 4.18. The molecular weight excluding hydrogens is 522 g/mol. The zero-order valence-electron chi connectivity index (χ0n) is 20.3. The maximum Gasteiger partial charge on any atom is 0.457 e. The van der Waals surface area contributed by atoms with Crippen molar-refractivity contribution in [3.05, 3.63) is 120 Å². The molecule has 0 saturated carbocycles. The van der Waals surface area contributed by atoms with Gasteiger partial charge >= 0.3 is 12.1 Å². The molecule has 0 spiro atoms. The Bertz CT molecular complexity index is 1290. The standard InChI is InChI=1S/C29H24F6N2O2/c30-27(28(31,32)29(33,34)35,25(19-9-3-1-4-10-19)38-23-15-7-13-21(36)17-23)26(20-11-5-2-6-12-20)39-24-16-8-14-22(37)18-24/h1-18,25-26H,36-37H2. The fraction of sp³-hybridized carbons (Fsp3) is 0.172. The van der Waals surface area contributed by atoms with Crippen LogP contribution in [0.25, 0.3) is 0 Å². The van der Waals surface area contributed by atoms with Crippen molar-refractivity contribution in [2.24, 2.45) is 0 Å². The molecule has 0 aliphatic carbocycles. The highest BCUT2D eigenvalue weighted by atomic mass is 19.4. The number of nitrogen functional groups attached to an aromatic ring is 2. The Morgan fingerprint density at radius 2 is 0.897 bits per heavy atom. The molecule has 0 amide bonds. The fourth-order valence-electron chi connectivity index (χ4n) is 4.18. The molecule has 0 aliphatic rings. The van der Waals surface area contributed by atoms with Gasteiger partial charge in [0.2, 0.25) is 0 Å². The molecule has 0 saturated heterocycles. The van der Waals surface area contributed by atoms with Gasteiger partial charge in [-0.1, -0.05) is 72.8 Å². The average molecular weight is 547 g/mol. The quantitative estimate of drug-likeness (QED) is 0.167. The Hall–Kier alpha value is -4.34. The molecule has 0 radical (unpaired) electrons. The second kappa shape index (κ2) is 10.8. The van der Waals surface area contributed by atoms with Gasteiger partial charge in [0.1, 0.15) is 11.5 Å². The van der Waals surface area contributed by atoms with Gasteiger partial charge in [-0.25, -0.2) is 4.39 Å². The van der Waals surface area contributed by atoms with Crippen LogP contribution in [0.4, 0.5) is 37.7 Å². The van der Waals surface area contributed by atoms with Crippen molar-refractivity contribution in [1.82, 2.24) is 0 Å². The maximum absolute atomic E-state index is 17.6. The number of anilines is 2. The first kappa shape index (κ1) is 27.7. The Labute approximate surface area is 220 Å². The topological polar surface area (TPSA) is 70.5 Å². The molecule has 0 fully saturated rings. The second-order valence-corrected chi connectivity index (χ2v) is 8.80. The van der Waals surface area contributed by atoms with Crippen molar-refractivity contribution in [2.45, 2.75) is 30.0 Å². The van der Waals surface area contributed by atoms with E-state index in [1.54, 1.807) is 0 Å². The summed E-state index contributed by atoms with van der Waals surface area (Å²) in [7, 11) is 0. The lowest BCUT2D eigenvalue weighted by atomic mass is 9.78. The summed E-state index contributed by atoms with van der Waals surface area (Å²) in [5, 5.41) is 0. The molecule has 4 aromatic carbocycles. The molecule has 39 heavy (non-hydrogen) atoms. The van der Waals surface area contributed by atoms with E-state index in [1.165, 1.54) is 109 Å². The number of halogens is 6. The summed E-state index contributed by atoms with van der Waals surface area (Å²) in [6, 6.07) is 23.9. The predicted molar refractivity (Wildman–Crippen MR) is 136 cm³/mol. The number of benzene rings is 4. The highest BCUT2D eigenvalue weighted by Gasteiger charge is 2.78. The Morgan fingerprint density at radius 1 is 0.513 bits per heavy atom. The van der Waals surface area contributed by atoms with Crippen LogP contribution in [0.5, 0.6) is 11.5 Å².